The van der Waals surface area contributed by atoms with Gasteiger partial charge in [0.25, 0.3) is 0 Å². The van der Waals surface area contributed by atoms with Gasteiger partial charge in [-0.15, -0.1) is 0 Å². The number of hydrogen-bond acceptors (Lipinski definition) is 6. The zero-order chi connectivity index (χ0) is 29.1. The molecule has 5 unspecified atom stereocenters. The Morgan fingerprint density at radius 3 is 2.26 bits per heavy atom. The number of hydrogen-bond donors (Lipinski definition) is 6. The molecule has 0 radical (unpaired) electrons. The van der Waals surface area contributed by atoms with Crippen LogP contribution < -0.4 is 21.7 Å². The number of amides is 3. The SMILES string of the molecule is CCC(C)C(NC(=O)C(Cc1c[nH]c2ccccc12)NC(=O)C(CCSC)NC(=O)C(N)CC(C)C)C(=O)O. The smallest absolute Gasteiger partial charge is 0.326 e. The van der Waals surface area contributed by atoms with Gasteiger partial charge in [0.05, 0.1) is 6.04 Å². The molecule has 0 fully saturated rings. The van der Waals surface area contributed by atoms with Crippen LogP contribution in [0.2, 0.25) is 0 Å². The van der Waals surface area contributed by atoms with Crippen LogP contribution in [0.4, 0.5) is 0 Å². The summed E-state index contributed by atoms with van der Waals surface area (Å²) in [5.74, 6) is -2.19. The Balaban J connectivity index is 2.32. The molecule has 1 heterocycles. The molecule has 0 saturated carbocycles. The van der Waals surface area contributed by atoms with Gasteiger partial charge < -0.3 is 31.8 Å². The van der Waals surface area contributed by atoms with Crippen LogP contribution in [-0.4, -0.2) is 70.0 Å². The monoisotopic (exact) mass is 561 g/mol. The molecule has 0 saturated heterocycles. The van der Waals surface area contributed by atoms with Gasteiger partial charge in [-0.05, 0) is 48.3 Å². The third-order valence-corrected chi connectivity index (χ3v) is 7.46. The zero-order valence-electron chi connectivity index (χ0n) is 23.5. The van der Waals surface area contributed by atoms with E-state index in [4.69, 9.17) is 5.73 Å². The van der Waals surface area contributed by atoms with E-state index in [0.717, 1.165) is 16.5 Å². The number of thioether (sulfide) groups is 1. The first-order valence-electron chi connectivity index (χ1n) is 13.4. The first kappa shape index (κ1) is 32.2. The summed E-state index contributed by atoms with van der Waals surface area (Å²) < 4.78 is 0. The maximum atomic E-state index is 13.5. The Morgan fingerprint density at radius 2 is 1.64 bits per heavy atom. The van der Waals surface area contributed by atoms with Crippen LogP contribution in [0.1, 0.15) is 52.5 Å². The number of fused-ring (bicyclic) bond motifs is 1. The molecule has 10 nitrogen and oxygen atoms in total. The second-order valence-corrected chi connectivity index (χ2v) is 11.4. The Hall–Kier alpha value is -3.05. The molecule has 11 heteroatoms. The molecule has 0 spiro atoms. The average Bonchev–Trinajstić information content (AvgIpc) is 3.30. The van der Waals surface area contributed by atoms with Gasteiger partial charge in [-0.1, -0.05) is 52.3 Å². The van der Waals surface area contributed by atoms with E-state index in [1.165, 1.54) is 11.8 Å². The lowest BCUT2D eigenvalue weighted by Crippen LogP contribution is -2.58. The molecule has 3 amide bonds. The average molecular weight is 562 g/mol. The number of nitrogens with one attached hydrogen (secondary N) is 4. The summed E-state index contributed by atoms with van der Waals surface area (Å²) in [4.78, 5) is 54.7. The molecule has 1 aromatic carbocycles. The number of H-pyrrole nitrogens is 1. The standard InChI is InChI=1S/C28H43N5O5S/c1-6-17(4)24(28(37)38)33-27(36)23(14-18-15-30-21-10-8-7-9-19(18)21)32-26(35)22(11-12-39-5)31-25(34)20(29)13-16(2)3/h7-10,15-17,20,22-24,30H,6,11-14,29H2,1-5H3,(H,31,34)(H,32,35)(H,33,36)(H,37,38). The van der Waals surface area contributed by atoms with Gasteiger partial charge in [0.2, 0.25) is 17.7 Å². The molecule has 216 valence electrons. The number of carboxylic acids is 1. The molecule has 1 aromatic heterocycles. The van der Waals surface area contributed by atoms with Gasteiger partial charge in [0, 0.05) is 23.5 Å². The normalized spacial score (nSPS) is 15.3. The first-order valence-corrected chi connectivity index (χ1v) is 14.8. The predicted octanol–water partition coefficient (Wildman–Crippen LogP) is 2.42. The van der Waals surface area contributed by atoms with Crippen LogP contribution in [0.3, 0.4) is 0 Å². The van der Waals surface area contributed by atoms with Crippen molar-refractivity contribution >= 4 is 46.4 Å². The summed E-state index contributed by atoms with van der Waals surface area (Å²) in [6.07, 6.45) is 5.17. The van der Waals surface area contributed by atoms with Crippen LogP contribution in [-0.2, 0) is 25.6 Å². The minimum Gasteiger partial charge on any atom is -0.480 e. The third kappa shape index (κ3) is 9.58. The highest BCUT2D eigenvalue weighted by molar-refractivity contribution is 7.98. The van der Waals surface area contributed by atoms with Crippen molar-refractivity contribution in [1.29, 1.82) is 0 Å². The lowest BCUT2D eigenvalue weighted by Gasteiger charge is -2.26. The molecule has 0 aliphatic rings. The molecule has 0 aliphatic heterocycles. The number of benzene rings is 1. The Labute approximate surface area is 234 Å². The van der Waals surface area contributed by atoms with E-state index >= 15 is 0 Å². The van der Waals surface area contributed by atoms with Gasteiger partial charge in [0.1, 0.15) is 18.1 Å². The summed E-state index contributed by atoms with van der Waals surface area (Å²) in [5, 5.41) is 18.8. The fraction of sp³-hybridized carbons (Fsp3) is 0.571. The van der Waals surface area contributed by atoms with Crippen LogP contribution >= 0.6 is 11.8 Å². The van der Waals surface area contributed by atoms with Crippen LogP contribution in [0.15, 0.2) is 30.5 Å². The van der Waals surface area contributed by atoms with Gasteiger partial charge in [-0.3, -0.25) is 14.4 Å². The molecule has 2 aromatic rings. The second-order valence-electron chi connectivity index (χ2n) is 10.4. The van der Waals surface area contributed by atoms with Gasteiger partial charge in [0.15, 0.2) is 0 Å². The van der Waals surface area contributed by atoms with Gasteiger partial charge >= 0.3 is 5.97 Å². The van der Waals surface area contributed by atoms with E-state index in [1.54, 1.807) is 13.1 Å². The van der Waals surface area contributed by atoms with Crippen molar-refractivity contribution in [3.05, 3.63) is 36.0 Å². The van der Waals surface area contributed by atoms with Crippen molar-refractivity contribution in [2.45, 2.75) is 77.5 Å². The van der Waals surface area contributed by atoms with Crippen LogP contribution in [0.25, 0.3) is 10.9 Å². The minimum absolute atomic E-state index is 0.129. The van der Waals surface area contributed by atoms with Crippen molar-refractivity contribution in [3.63, 3.8) is 0 Å². The van der Waals surface area contributed by atoms with Crippen molar-refractivity contribution in [1.82, 2.24) is 20.9 Å². The van der Waals surface area contributed by atoms with Crippen LogP contribution in [0.5, 0.6) is 0 Å². The fourth-order valence-corrected chi connectivity index (χ4v) is 4.81. The zero-order valence-corrected chi connectivity index (χ0v) is 24.3. The highest BCUT2D eigenvalue weighted by atomic mass is 32.2. The van der Waals surface area contributed by atoms with Crippen molar-refractivity contribution in [3.8, 4) is 0 Å². The van der Waals surface area contributed by atoms with Crippen LogP contribution in [0, 0.1) is 11.8 Å². The predicted molar refractivity (Wildman–Crippen MR) is 155 cm³/mol. The third-order valence-electron chi connectivity index (χ3n) is 6.81. The number of para-hydroxylation sites is 1. The Kier molecular flexibility index (Phi) is 12.8. The Morgan fingerprint density at radius 1 is 1.00 bits per heavy atom. The summed E-state index contributed by atoms with van der Waals surface area (Å²) in [6.45, 7) is 7.52. The highest BCUT2D eigenvalue weighted by Crippen LogP contribution is 2.20. The molecule has 5 atom stereocenters. The second kappa shape index (κ2) is 15.5. The van der Waals surface area contributed by atoms with E-state index in [2.05, 4.69) is 20.9 Å². The maximum Gasteiger partial charge on any atom is 0.326 e. The molecule has 2 rings (SSSR count). The molecular formula is C28H43N5O5S. The first-order chi connectivity index (χ1) is 18.5. The van der Waals surface area contributed by atoms with Crippen molar-refractivity contribution in [2.75, 3.05) is 12.0 Å². The molecule has 0 aliphatic carbocycles. The lowest BCUT2D eigenvalue weighted by atomic mass is 9.98. The number of carboxylic acid groups (broad SMARTS) is 1. The minimum atomic E-state index is -1.14. The number of carbonyl (C=O) groups is 4. The molecule has 0 bridgehead atoms. The number of aliphatic carboxylic acids is 1. The highest BCUT2D eigenvalue weighted by Gasteiger charge is 2.32. The summed E-state index contributed by atoms with van der Waals surface area (Å²) >= 11 is 1.53. The molecular weight excluding hydrogens is 518 g/mol. The summed E-state index contributed by atoms with van der Waals surface area (Å²) in [6, 6.07) is 3.76. The maximum absolute atomic E-state index is 13.5. The quantitative estimate of drug-likeness (QED) is 0.183. The van der Waals surface area contributed by atoms with E-state index in [1.807, 2.05) is 51.3 Å². The summed E-state index contributed by atoms with van der Waals surface area (Å²) in [5.41, 5.74) is 7.72. The topological polar surface area (TPSA) is 166 Å². The van der Waals surface area contributed by atoms with Crippen molar-refractivity contribution in [2.24, 2.45) is 17.6 Å². The van der Waals surface area contributed by atoms with Crippen molar-refractivity contribution < 1.29 is 24.3 Å². The van der Waals surface area contributed by atoms with Gasteiger partial charge in [-0.2, -0.15) is 11.8 Å². The van der Waals surface area contributed by atoms with E-state index in [9.17, 15) is 24.3 Å². The number of carbonyl (C=O) groups excluding carboxylic acids is 3. The molecule has 39 heavy (non-hydrogen) atoms. The fourth-order valence-electron chi connectivity index (χ4n) is 4.34. The number of nitrogens with two attached hydrogens (primary N) is 1. The largest absolute Gasteiger partial charge is 0.480 e. The summed E-state index contributed by atoms with van der Waals surface area (Å²) in [7, 11) is 0. The number of rotatable bonds is 16. The molecule has 7 N–H and O–H groups in total. The van der Waals surface area contributed by atoms with E-state index in [-0.39, 0.29) is 18.3 Å². The Bertz CT molecular complexity index is 1120. The number of aromatic nitrogens is 1. The number of aromatic amines is 1. The van der Waals surface area contributed by atoms with E-state index < -0.39 is 47.9 Å². The van der Waals surface area contributed by atoms with Gasteiger partial charge in [-0.25, -0.2) is 4.79 Å². The van der Waals surface area contributed by atoms with E-state index in [0.29, 0.717) is 25.0 Å². The lowest BCUT2D eigenvalue weighted by molar-refractivity contribution is -0.143.